The van der Waals surface area contributed by atoms with Crippen LogP contribution in [0.2, 0.25) is 0 Å². The summed E-state index contributed by atoms with van der Waals surface area (Å²) in [5.74, 6) is 0.935. The third-order valence-corrected chi connectivity index (χ3v) is 7.87. The summed E-state index contributed by atoms with van der Waals surface area (Å²) in [6.45, 7) is 5.54. The summed E-state index contributed by atoms with van der Waals surface area (Å²) in [7, 11) is 0. The highest BCUT2D eigenvalue weighted by Crippen LogP contribution is 2.33. The molecule has 0 aliphatic carbocycles. The molecule has 0 radical (unpaired) electrons. The number of aliphatic hydroxyl groups excluding tert-OH is 1. The Bertz CT molecular complexity index is 1700. The average molecular weight is 592 g/mol. The number of aryl methyl sites for hydroxylation is 1. The van der Waals surface area contributed by atoms with Crippen molar-refractivity contribution in [1.29, 1.82) is 0 Å². The molecule has 44 heavy (non-hydrogen) atoms. The monoisotopic (exact) mass is 591 g/mol. The van der Waals surface area contributed by atoms with Gasteiger partial charge in [0.2, 0.25) is 0 Å². The van der Waals surface area contributed by atoms with Gasteiger partial charge >= 0.3 is 6.09 Å². The molecule has 226 valence electrons. The summed E-state index contributed by atoms with van der Waals surface area (Å²) in [4.78, 5) is 22.1. The van der Waals surface area contributed by atoms with Crippen LogP contribution in [-0.2, 0) is 22.5 Å². The summed E-state index contributed by atoms with van der Waals surface area (Å²) < 4.78 is 13.0. The summed E-state index contributed by atoms with van der Waals surface area (Å²) in [6.07, 6.45) is 0.446. The minimum atomic E-state index is -0.296. The van der Waals surface area contributed by atoms with Gasteiger partial charge < -0.3 is 24.4 Å². The molecular formula is C35H37N5O4. The van der Waals surface area contributed by atoms with Gasteiger partial charge in [0, 0.05) is 43.4 Å². The van der Waals surface area contributed by atoms with Crippen molar-refractivity contribution in [1.82, 2.24) is 19.5 Å². The number of fused-ring (bicyclic) bond motifs is 1. The molecule has 1 amide bonds. The molecule has 1 fully saturated rings. The van der Waals surface area contributed by atoms with Crippen LogP contribution in [0.4, 0.5) is 10.6 Å². The van der Waals surface area contributed by atoms with E-state index in [1.807, 2.05) is 66.0 Å². The van der Waals surface area contributed by atoms with Gasteiger partial charge in [0.1, 0.15) is 12.4 Å². The highest BCUT2D eigenvalue weighted by molar-refractivity contribution is 5.83. The van der Waals surface area contributed by atoms with Gasteiger partial charge in [-0.2, -0.15) is 9.61 Å². The molecular weight excluding hydrogens is 554 g/mol. The van der Waals surface area contributed by atoms with Gasteiger partial charge in [0.15, 0.2) is 5.65 Å². The molecule has 3 heterocycles. The molecule has 0 atom stereocenters. The second-order valence-corrected chi connectivity index (χ2v) is 10.9. The van der Waals surface area contributed by atoms with Gasteiger partial charge in [-0.05, 0) is 36.1 Å². The first kappa shape index (κ1) is 29.3. The SMILES string of the molecule is Cc1nn2c(N3CCN(C(=O)OCc4ccccc4)CC3)cc(-c3cccc(CCOCCO)c3)nc2c1-c1ccccc1. The van der Waals surface area contributed by atoms with E-state index in [1.54, 1.807) is 4.90 Å². The smallest absolute Gasteiger partial charge is 0.410 e. The van der Waals surface area contributed by atoms with Crippen molar-refractivity contribution < 1.29 is 19.4 Å². The predicted molar refractivity (Wildman–Crippen MR) is 171 cm³/mol. The van der Waals surface area contributed by atoms with Gasteiger partial charge in [0.25, 0.3) is 0 Å². The number of hydrogen-bond acceptors (Lipinski definition) is 7. The average Bonchev–Trinajstić information content (AvgIpc) is 3.42. The van der Waals surface area contributed by atoms with E-state index in [0.717, 1.165) is 57.1 Å². The maximum Gasteiger partial charge on any atom is 0.410 e. The zero-order chi connectivity index (χ0) is 30.3. The van der Waals surface area contributed by atoms with Crippen molar-refractivity contribution in [3.63, 3.8) is 0 Å². The highest BCUT2D eigenvalue weighted by atomic mass is 16.6. The number of ether oxygens (including phenoxy) is 2. The fourth-order valence-electron chi connectivity index (χ4n) is 5.60. The van der Waals surface area contributed by atoms with Gasteiger partial charge in [-0.1, -0.05) is 78.9 Å². The summed E-state index contributed by atoms with van der Waals surface area (Å²) in [5, 5.41) is 14.0. The van der Waals surface area contributed by atoms with Gasteiger partial charge in [-0.15, -0.1) is 0 Å². The molecule has 3 aromatic carbocycles. The maximum atomic E-state index is 12.9. The van der Waals surface area contributed by atoms with E-state index >= 15 is 0 Å². The molecule has 0 spiro atoms. The number of anilines is 1. The number of piperazine rings is 1. The zero-order valence-electron chi connectivity index (χ0n) is 24.9. The minimum absolute atomic E-state index is 0.0183. The fourth-order valence-corrected chi connectivity index (χ4v) is 5.60. The van der Waals surface area contributed by atoms with Gasteiger partial charge in [-0.3, -0.25) is 0 Å². The van der Waals surface area contributed by atoms with Crippen molar-refractivity contribution in [2.24, 2.45) is 0 Å². The van der Waals surface area contributed by atoms with Crippen LogP contribution in [0.3, 0.4) is 0 Å². The van der Waals surface area contributed by atoms with Crippen molar-refractivity contribution >= 4 is 17.6 Å². The van der Waals surface area contributed by atoms with Crippen LogP contribution in [0.25, 0.3) is 28.0 Å². The topological polar surface area (TPSA) is 92.4 Å². The largest absolute Gasteiger partial charge is 0.445 e. The lowest BCUT2D eigenvalue weighted by molar-refractivity contribution is 0.0941. The van der Waals surface area contributed by atoms with Crippen molar-refractivity contribution in [2.75, 3.05) is 50.9 Å². The van der Waals surface area contributed by atoms with Crippen LogP contribution in [0.1, 0.15) is 16.8 Å². The molecule has 1 aliphatic rings. The van der Waals surface area contributed by atoms with E-state index < -0.39 is 0 Å². The Balaban J connectivity index is 1.29. The number of amides is 1. The number of hydrogen-bond donors (Lipinski definition) is 1. The number of carbonyl (C=O) groups is 1. The Hall–Kier alpha value is -4.73. The molecule has 6 rings (SSSR count). The Kier molecular flexibility index (Phi) is 9.14. The lowest BCUT2D eigenvalue weighted by atomic mass is 10.0. The van der Waals surface area contributed by atoms with Crippen LogP contribution in [-0.4, -0.2) is 76.7 Å². The summed E-state index contributed by atoms with van der Waals surface area (Å²) in [5.41, 5.74) is 7.74. The van der Waals surface area contributed by atoms with Crippen molar-refractivity contribution in [3.05, 3.63) is 108 Å². The molecule has 2 aromatic heterocycles. The number of benzene rings is 3. The van der Waals surface area contributed by atoms with Crippen molar-refractivity contribution in [2.45, 2.75) is 20.0 Å². The normalized spacial score (nSPS) is 13.4. The van der Waals surface area contributed by atoms with Gasteiger partial charge in [-0.25, -0.2) is 9.78 Å². The second kappa shape index (κ2) is 13.7. The molecule has 9 nitrogen and oxygen atoms in total. The van der Waals surface area contributed by atoms with Gasteiger partial charge in [0.05, 0.1) is 31.2 Å². The lowest BCUT2D eigenvalue weighted by Crippen LogP contribution is -2.49. The standard InChI is InChI=1S/C35H37N5O4/c1-26-33(29-12-6-3-7-13-29)34-36-31(30-14-8-11-27(23-30)15-21-43-22-20-41)24-32(40(34)37-26)38-16-18-39(19-17-38)35(42)44-25-28-9-4-2-5-10-28/h2-14,23-24,41H,15-22,25H2,1H3. The van der Waals surface area contributed by atoms with Crippen LogP contribution < -0.4 is 4.90 Å². The molecule has 1 N–H and O–H groups in total. The summed E-state index contributed by atoms with van der Waals surface area (Å²) >= 11 is 0. The zero-order valence-corrected chi connectivity index (χ0v) is 24.9. The van der Waals surface area contributed by atoms with E-state index in [1.165, 1.54) is 0 Å². The molecule has 9 heteroatoms. The van der Waals surface area contributed by atoms with Crippen molar-refractivity contribution in [3.8, 4) is 22.4 Å². The number of nitrogens with zero attached hydrogens (tertiary/aromatic N) is 5. The minimum Gasteiger partial charge on any atom is -0.445 e. The first-order valence-corrected chi connectivity index (χ1v) is 15.0. The molecule has 0 unspecified atom stereocenters. The quantitative estimate of drug-likeness (QED) is 0.218. The second-order valence-electron chi connectivity index (χ2n) is 10.9. The first-order chi connectivity index (χ1) is 21.6. The highest BCUT2D eigenvalue weighted by Gasteiger charge is 2.26. The van der Waals surface area contributed by atoms with E-state index in [2.05, 4.69) is 41.3 Å². The lowest BCUT2D eigenvalue weighted by Gasteiger charge is -2.35. The third kappa shape index (κ3) is 6.59. The van der Waals surface area contributed by atoms with E-state index in [0.29, 0.717) is 39.4 Å². The number of aliphatic hydroxyl groups is 1. The van der Waals surface area contributed by atoms with E-state index in [4.69, 9.17) is 24.7 Å². The molecule has 5 aromatic rings. The number of aromatic nitrogens is 3. The molecule has 1 aliphatic heterocycles. The number of rotatable bonds is 10. The molecule has 0 bridgehead atoms. The van der Waals surface area contributed by atoms with E-state index in [9.17, 15) is 4.79 Å². The van der Waals surface area contributed by atoms with Crippen LogP contribution in [0.15, 0.2) is 91.0 Å². The Morgan fingerprint density at radius 2 is 1.55 bits per heavy atom. The molecule has 1 saturated heterocycles. The number of carbonyl (C=O) groups excluding carboxylic acids is 1. The van der Waals surface area contributed by atoms with E-state index in [-0.39, 0.29) is 19.3 Å². The van der Waals surface area contributed by atoms with Crippen LogP contribution in [0, 0.1) is 6.92 Å². The van der Waals surface area contributed by atoms with Crippen LogP contribution >= 0.6 is 0 Å². The Morgan fingerprint density at radius 1 is 0.841 bits per heavy atom. The summed E-state index contributed by atoms with van der Waals surface area (Å²) in [6, 6.07) is 30.4. The fraction of sp³-hybridized carbons (Fsp3) is 0.286. The predicted octanol–water partition coefficient (Wildman–Crippen LogP) is 5.38. The van der Waals surface area contributed by atoms with Crippen LogP contribution in [0.5, 0.6) is 0 Å². The Morgan fingerprint density at radius 3 is 2.30 bits per heavy atom. The third-order valence-electron chi connectivity index (χ3n) is 7.87. The Labute approximate surface area is 257 Å². The first-order valence-electron chi connectivity index (χ1n) is 15.0. The molecule has 0 saturated carbocycles. The maximum absolute atomic E-state index is 12.9.